The Balaban J connectivity index is 2.64. The van der Waals surface area contributed by atoms with E-state index in [0.717, 1.165) is 0 Å². The van der Waals surface area contributed by atoms with Crippen molar-refractivity contribution in [3.8, 4) is 5.75 Å². The molecular weight excluding hydrogens is 180 g/mol. The Morgan fingerprint density at radius 1 is 1.38 bits per heavy atom. The molecule has 1 aromatic rings. The van der Waals surface area contributed by atoms with Gasteiger partial charge in [-0.25, -0.2) is 0 Å². The van der Waals surface area contributed by atoms with Gasteiger partial charge >= 0.3 is 5.97 Å². The minimum Gasteiger partial charge on any atom is -0.427 e. The highest BCUT2D eigenvalue weighted by molar-refractivity contribution is 6.32. The zero-order chi connectivity index (χ0) is 9.68. The molecule has 0 unspecified atom stereocenters. The molecule has 0 aliphatic carbocycles. The molecular formula is C10H14O2Si. The maximum absolute atomic E-state index is 10.6. The van der Waals surface area contributed by atoms with Crippen molar-refractivity contribution in [2.75, 3.05) is 0 Å². The summed E-state index contributed by atoms with van der Waals surface area (Å²) in [6, 6.07) is 8.95. The molecule has 2 nitrogen and oxygen atoms in total. The second-order valence-electron chi connectivity index (χ2n) is 2.99. The van der Waals surface area contributed by atoms with E-state index >= 15 is 0 Å². The highest BCUT2D eigenvalue weighted by Gasteiger charge is 1.97. The molecule has 0 saturated heterocycles. The van der Waals surface area contributed by atoms with Gasteiger partial charge < -0.3 is 4.74 Å². The van der Waals surface area contributed by atoms with Crippen LogP contribution in [0.25, 0.3) is 0 Å². The number of benzene rings is 1. The van der Waals surface area contributed by atoms with Gasteiger partial charge in [0.15, 0.2) is 0 Å². The number of rotatable bonds is 3. The van der Waals surface area contributed by atoms with Crippen molar-refractivity contribution in [1.29, 1.82) is 0 Å². The van der Waals surface area contributed by atoms with Crippen molar-refractivity contribution in [3.63, 3.8) is 0 Å². The van der Waals surface area contributed by atoms with Crippen LogP contribution in [-0.2, 0) is 10.8 Å². The summed E-state index contributed by atoms with van der Waals surface area (Å²) < 4.78 is 4.92. The van der Waals surface area contributed by atoms with E-state index in [0.29, 0.717) is 5.75 Å². The van der Waals surface area contributed by atoms with E-state index in [1.54, 1.807) is 0 Å². The first kappa shape index (κ1) is 9.99. The molecule has 0 aliphatic heterocycles. The normalized spacial score (nSPS) is 10.6. The monoisotopic (exact) mass is 194 g/mol. The van der Waals surface area contributed by atoms with Crippen molar-refractivity contribution in [2.24, 2.45) is 0 Å². The Kier molecular flexibility index (Phi) is 3.70. The minimum atomic E-state index is -0.266. The molecule has 0 fully saturated rings. The number of carbonyl (C=O) groups excluding carboxylic acids is 1. The summed E-state index contributed by atoms with van der Waals surface area (Å²) in [5.74, 6) is 0.367. The average Bonchev–Trinajstić information content (AvgIpc) is 2.08. The van der Waals surface area contributed by atoms with Gasteiger partial charge in [-0.1, -0.05) is 24.2 Å². The van der Waals surface area contributed by atoms with E-state index in [2.05, 4.69) is 6.55 Å². The van der Waals surface area contributed by atoms with Crippen LogP contribution in [0.5, 0.6) is 5.75 Å². The highest BCUT2D eigenvalue weighted by Crippen LogP contribution is 2.12. The number of esters is 1. The zero-order valence-corrected chi connectivity index (χ0v) is 9.45. The third-order valence-corrected chi connectivity index (χ3v) is 2.80. The smallest absolute Gasteiger partial charge is 0.308 e. The largest absolute Gasteiger partial charge is 0.427 e. The van der Waals surface area contributed by atoms with Crippen LogP contribution in [0.15, 0.2) is 24.3 Å². The van der Waals surface area contributed by atoms with Gasteiger partial charge in [0.2, 0.25) is 0 Å². The molecule has 1 rings (SSSR count). The molecule has 0 aromatic heterocycles. The molecule has 0 radical (unpaired) electrons. The average molecular weight is 194 g/mol. The van der Waals surface area contributed by atoms with Crippen molar-refractivity contribution in [2.45, 2.75) is 19.5 Å². The number of hydrogen-bond acceptors (Lipinski definition) is 2. The molecule has 0 atom stereocenters. The molecule has 0 saturated carbocycles. The lowest BCUT2D eigenvalue weighted by molar-refractivity contribution is -0.131. The van der Waals surface area contributed by atoms with E-state index in [-0.39, 0.29) is 15.5 Å². The molecule has 0 aliphatic rings. The highest BCUT2D eigenvalue weighted by atomic mass is 28.2. The van der Waals surface area contributed by atoms with Crippen LogP contribution >= 0.6 is 0 Å². The predicted molar refractivity (Wildman–Crippen MR) is 55.9 cm³/mol. The number of ether oxygens (including phenoxy) is 1. The van der Waals surface area contributed by atoms with E-state index in [9.17, 15) is 4.79 Å². The van der Waals surface area contributed by atoms with Gasteiger partial charge in [0.1, 0.15) is 5.75 Å². The fraction of sp³-hybridized carbons (Fsp3) is 0.300. The van der Waals surface area contributed by atoms with Crippen LogP contribution < -0.4 is 4.74 Å². The van der Waals surface area contributed by atoms with Gasteiger partial charge in [0.25, 0.3) is 0 Å². The lowest BCUT2D eigenvalue weighted by Crippen LogP contribution is -2.01. The topological polar surface area (TPSA) is 26.3 Å². The molecule has 0 bridgehead atoms. The van der Waals surface area contributed by atoms with Crippen LogP contribution in [0.4, 0.5) is 0 Å². The zero-order valence-electron chi connectivity index (χ0n) is 8.04. The Labute approximate surface area is 80.7 Å². The molecule has 1 aromatic carbocycles. The standard InChI is InChI=1S/C10H14O2Si/c1-8(11)12-10-5-3-9(4-6-10)7-13-2/h3-6H,7,13H2,1-2H3. The van der Waals surface area contributed by atoms with Gasteiger partial charge in [0, 0.05) is 16.4 Å². The summed E-state index contributed by atoms with van der Waals surface area (Å²) in [7, 11) is 0.0737. The Morgan fingerprint density at radius 2 is 2.00 bits per heavy atom. The Hall–Kier alpha value is -1.09. The lowest BCUT2D eigenvalue weighted by Gasteiger charge is -2.02. The van der Waals surface area contributed by atoms with Gasteiger partial charge in [0.05, 0.1) is 0 Å². The van der Waals surface area contributed by atoms with E-state index in [1.165, 1.54) is 18.5 Å². The Morgan fingerprint density at radius 3 is 2.46 bits per heavy atom. The molecule has 0 amide bonds. The van der Waals surface area contributed by atoms with Gasteiger partial charge in [-0.2, -0.15) is 0 Å². The van der Waals surface area contributed by atoms with Gasteiger partial charge in [-0.15, -0.1) is 0 Å². The van der Waals surface area contributed by atoms with Gasteiger partial charge in [-0.05, 0) is 18.2 Å². The van der Waals surface area contributed by atoms with E-state index in [4.69, 9.17) is 4.74 Å². The second kappa shape index (κ2) is 4.82. The van der Waals surface area contributed by atoms with Crippen LogP contribution in [0.3, 0.4) is 0 Å². The van der Waals surface area contributed by atoms with Crippen LogP contribution in [0, 0.1) is 0 Å². The quantitative estimate of drug-likeness (QED) is 0.412. The van der Waals surface area contributed by atoms with Crippen LogP contribution in [0.2, 0.25) is 6.55 Å². The molecule has 3 heteroatoms. The lowest BCUT2D eigenvalue weighted by atomic mass is 10.2. The molecule has 0 heterocycles. The number of hydrogen-bond donors (Lipinski definition) is 0. The predicted octanol–water partition coefficient (Wildman–Crippen LogP) is 1.33. The first-order chi connectivity index (χ1) is 6.22. The van der Waals surface area contributed by atoms with E-state index < -0.39 is 0 Å². The van der Waals surface area contributed by atoms with Crippen molar-refractivity contribution in [1.82, 2.24) is 0 Å². The van der Waals surface area contributed by atoms with Crippen molar-refractivity contribution < 1.29 is 9.53 Å². The van der Waals surface area contributed by atoms with Crippen LogP contribution in [-0.4, -0.2) is 15.5 Å². The fourth-order valence-corrected chi connectivity index (χ4v) is 2.09. The summed E-state index contributed by atoms with van der Waals surface area (Å²) in [5, 5.41) is 0. The van der Waals surface area contributed by atoms with Gasteiger partial charge in [-0.3, -0.25) is 4.79 Å². The second-order valence-corrected chi connectivity index (χ2v) is 4.49. The first-order valence-electron chi connectivity index (χ1n) is 4.49. The van der Waals surface area contributed by atoms with Crippen molar-refractivity contribution >= 4 is 15.5 Å². The van der Waals surface area contributed by atoms with Crippen molar-refractivity contribution in [3.05, 3.63) is 29.8 Å². The summed E-state index contributed by atoms with van der Waals surface area (Å²) in [6.45, 7) is 3.69. The van der Waals surface area contributed by atoms with E-state index in [1.807, 2.05) is 24.3 Å². The summed E-state index contributed by atoms with van der Waals surface area (Å²) >= 11 is 0. The third-order valence-electron chi connectivity index (χ3n) is 1.72. The third kappa shape index (κ3) is 3.42. The summed E-state index contributed by atoms with van der Waals surface area (Å²) in [5.41, 5.74) is 1.34. The SMILES string of the molecule is C[SiH2]Cc1ccc(OC(C)=O)cc1. The molecule has 0 spiro atoms. The summed E-state index contributed by atoms with van der Waals surface area (Å²) in [4.78, 5) is 10.6. The molecule has 70 valence electrons. The first-order valence-corrected chi connectivity index (χ1v) is 6.91. The summed E-state index contributed by atoms with van der Waals surface area (Å²) in [6.07, 6.45) is 0. The fourth-order valence-electron chi connectivity index (χ4n) is 1.18. The molecule has 0 N–H and O–H groups in total. The Bertz CT molecular complexity index is 279. The molecule has 13 heavy (non-hydrogen) atoms. The minimum absolute atomic E-state index is 0.0737. The maximum Gasteiger partial charge on any atom is 0.308 e. The maximum atomic E-state index is 10.6. The van der Waals surface area contributed by atoms with Crippen LogP contribution in [0.1, 0.15) is 12.5 Å². The number of carbonyl (C=O) groups is 1.